The third kappa shape index (κ3) is 5.84. The van der Waals surface area contributed by atoms with Crippen LogP contribution in [0.4, 0.5) is 5.69 Å². The summed E-state index contributed by atoms with van der Waals surface area (Å²) in [6.07, 6.45) is 4.08. The third-order valence-corrected chi connectivity index (χ3v) is 5.59. The lowest BCUT2D eigenvalue weighted by Gasteiger charge is -2.16. The van der Waals surface area contributed by atoms with Gasteiger partial charge < -0.3 is 20.3 Å². The Morgan fingerprint density at radius 1 is 1.06 bits per heavy atom. The topological polar surface area (TPSA) is 113 Å². The van der Waals surface area contributed by atoms with Crippen LogP contribution in [0.1, 0.15) is 54.1 Å². The van der Waals surface area contributed by atoms with E-state index in [1.807, 2.05) is 0 Å². The first kappa shape index (κ1) is 22.3. The molecular formula is C24H27NO6. The van der Waals surface area contributed by atoms with Crippen LogP contribution in [0.3, 0.4) is 0 Å². The van der Waals surface area contributed by atoms with Crippen LogP contribution in [-0.4, -0.2) is 27.9 Å². The molecule has 31 heavy (non-hydrogen) atoms. The van der Waals surface area contributed by atoms with Crippen molar-refractivity contribution in [3.63, 3.8) is 0 Å². The van der Waals surface area contributed by atoms with Crippen LogP contribution in [0.2, 0.25) is 0 Å². The van der Waals surface area contributed by atoms with Crippen molar-refractivity contribution in [1.29, 1.82) is 0 Å². The van der Waals surface area contributed by atoms with Crippen molar-refractivity contribution in [2.24, 2.45) is 11.8 Å². The summed E-state index contributed by atoms with van der Waals surface area (Å²) in [6.45, 7) is 4.91. The van der Waals surface area contributed by atoms with Crippen molar-refractivity contribution in [2.75, 3.05) is 5.32 Å². The van der Waals surface area contributed by atoms with Crippen molar-refractivity contribution in [2.45, 2.75) is 46.5 Å². The van der Waals surface area contributed by atoms with Crippen LogP contribution < -0.4 is 10.1 Å². The van der Waals surface area contributed by atoms with Crippen LogP contribution in [0.15, 0.2) is 30.3 Å². The second kappa shape index (κ2) is 9.20. The summed E-state index contributed by atoms with van der Waals surface area (Å²) in [5, 5.41) is 20.7. The number of hydrogen-bond acceptors (Lipinski definition) is 5. The van der Waals surface area contributed by atoms with Crippen LogP contribution >= 0.6 is 0 Å². The van der Waals surface area contributed by atoms with E-state index in [1.54, 1.807) is 45.2 Å². The Labute approximate surface area is 181 Å². The van der Waals surface area contributed by atoms with E-state index in [2.05, 4.69) is 5.32 Å². The molecule has 2 fully saturated rings. The highest BCUT2D eigenvalue weighted by Gasteiger charge is 2.44. The Balaban J connectivity index is 0.000000465. The SMILES string of the molecule is C1CC2CC12.CC(=O)c1cc(O)ccc1Oc1c(C)cc(NC(=O)CC(=O)O)cc1C. The predicted molar refractivity (Wildman–Crippen MR) is 116 cm³/mol. The van der Waals surface area contributed by atoms with Gasteiger partial charge in [0, 0.05) is 5.69 Å². The van der Waals surface area contributed by atoms with Crippen LogP contribution in [0.5, 0.6) is 17.2 Å². The number of amides is 1. The first-order chi connectivity index (χ1) is 14.6. The summed E-state index contributed by atoms with van der Waals surface area (Å²) in [4.78, 5) is 33.9. The molecule has 7 heteroatoms. The van der Waals surface area contributed by atoms with E-state index in [1.165, 1.54) is 37.0 Å². The summed E-state index contributed by atoms with van der Waals surface area (Å²) >= 11 is 0. The summed E-state index contributed by atoms with van der Waals surface area (Å²) in [5.41, 5.74) is 2.09. The van der Waals surface area contributed by atoms with Gasteiger partial charge in [0.2, 0.25) is 5.91 Å². The van der Waals surface area contributed by atoms with E-state index in [9.17, 15) is 19.5 Å². The number of carboxylic acids is 1. The number of carboxylic acid groups (broad SMARTS) is 1. The molecule has 0 saturated heterocycles. The van der Waals surface area contributed by atoms with E-state index in [-0.39, 0.29) is 17.1 Å². The second-order valence-corrected chi connectivity index (χ2v) is 8.23. The normalized spacial score (nSPS) is 17.9. The highest BCUT2D eigenvalue weighted by Crippen LogP contribution is 2.55. The molecule has 7 nitrogen and oxygen atoms in total. The van der Waals surface area contributed by atoms with Gasteiger partial charge in [-0.15, -0.1) is 0 Å². The fraction of sp³-hybridized carbons (Fsp3) is 0.375. The first-order valence-corrected chi connectivity index (χ1v) is 10.3. The number of aryl methyl sites for hydroxylation is 2. The number of carbonyl (C=O) groups excluding carboxylic acids is 2. The van der Waals surface area contributed by atoms with Crippen LogP contribution in [0, 0.1) is 25.7 Å². The Bertz CT molecular complexity index is 994. The van der Waals surface area contributed by atoms with Gasteiger partial charge in [0.25, 0.3) is 0 Å². The number of anilines is 1. The number of rotatable bonds is 6. The van der Waals surface area contributed by atoms with Gasteiger partial charge in [0.05, 0.1) is 5.56 Å². The number of benzene rings is 2. The number of ether oxygens (including phenoxy) is 1. The summed E-state index contributed by atoms with van der Waals surface area (Å²) in [5.74, 6) is 1.17. The molecule has 3 N–H and O–H groups in total. The maximum absolute atomic E-state index is 11.8. The fourth-order valence-electron chi connectivity index (χ4n) is 3.70. The van der Waals surface area contributed by atoms with E-state index >= 15 is 0 Å². The molecule has 0 radical (unpaired) electrons. The molecule has 1 amide bonds. The lowest BCUT2D eigenvalue weighted by Crippen LogP contribution is -2.16. The van der Waals surface area contributed by atoms with Gasteiger partial charge in [-0.25, -0.2) is 0 Å². The Morgan fingerprint density at radius 2 is 1.68 bits per heavy atom. The molecule has 2 saturated carbocycles. The maximum atomic E-state index is 11.8. The first-order valence-electron chi connectivity index (χ1n) is 10.3. The number of phenolic OH excluding ortho intramolecular Hbond substituents is 1. The van der Waals surface area contributed by atoms with E-state index in [0.29, 0.717) is 28.3 Å². The van der Waals surface area contributed by atoms with Gasteiger partial charge in [0.15, 0.2) is 5.78 Å². The number of phenols is 1. The molecule has 2 atom stereocenters. The number of nitrogens with one attached hydrogen (secondary N) is 1. The van der Waals surface area contributed by atoms with Gasteiger partial charge in [0.1, 0.15) is 23.7 Å². The number of ketones is 1. The molecule has 0 aromatic heterocycles. The molecular weight excluding hydrogens is 398 g/mol. The molecule has 2 aliphatic carbocycles. The zero-order chi connectivity index (χ0) is 22.7. The van der Waals surface area contributed by atoms with E-state index < -0.39 is 18.3 Å². The number of aliphatic carboxylic acids is 1. The molecule has 4 rings (SSSR count). The molecule has 0 aliphatic heterocycles. The van der Waals surface area contributed by atoms with Gasteiger partial charge in [-0.3, -0.25) is 14.4 Å². The second-order valence-electron chi connectivity index (χ2n) is 8.23. The molecule has 0 spiro atoms. The molecule has 2 aliphatic rings. The van der Waals surface area contributed by atoms with Gasteiger partial charge in [-0.2, -0.15) is 0 Å². The smallest absolute Gasteiger partial charge is 0.312 e. The van der Waals surface area contributed by atoms with Crippen molar-refractivity contribution < 1.29 is 29.3 Å². The number of carbonyl (C=O) groups is 3. The van der Waals surface area contributed by atoms with Crippen LogP contribution in [-0.2, 0) is 9.59 Å². The average Bonchev–Trinajstić information content (AvgIpc) is 3.24. The summed E-state index contributed by atoms with van der Waals surface area (Å²) < 4.78 is 5.87. The van der Waals surface area contributed by atoms with Crippen molar-refractivity contribution in [1.82, 2.24) is 0 Å². The minimum atomic E-state index is -1.21. The fourth-order valence-corrected chi connectivity index (χ4v) is 3.70. The number of aromatic hydroxyl groups is 1. The Morgan fingerprint density at radius 3 is 2.13 bits per heavy atom. The number of fused-ring (bicyclic) bond motifs is 1. The zero-order valence-corrected chi connectivity index (χ0v) is 17.9. The predicted octanol–water partition coefficient (Wildman–Crippen LogP) is 4.83. The largest absolute Gasteiger partial charge is 0.508 e. The quantitative estimate of drug-likeness (QED) is 0.451. The Kier molecular flexibility index (Phi) is 6.63. The van der Waals surface area contributed by atoms with Crippen molar-refractivity contribution in [3.05, 3.63) is 47.0 Å². The monoisotopic (exact) mass is 425 g/mol. The highest BCUT2D eigenvalue weighted by atomic mass is 16.5. The number of Topliss-reactive ketones (excluding diaryl/α,β-unsaturated/α-hetero) is 1. The standard InChI is InChI=1S/C19H19NO6.C5H8/c1-10-6-13(20-17(23)9-18(24)25)7-11(2)19(10)26-16-5-4-14(22)8-15(16)12(3)21;1-2-5-3-4(1)5/h4-8,22H,9H2,1-3H3,(H,20,23)(H,24,25);4-5H,1-3H2. The van der Waals surface area contributed by atoms with E-state index in [4.69, 9.17) is 9.84 Å². The summed E-state index contributed by atoms with van der Waals surface area (Å²) in [6, 6.07) is 7.56. The van der Waals surface area contributed by atoms with E-state index in [0.717, 1.165) is 0 Å². The lowest BCUT2D eigenvalue weighted by molar-refractivity contribution is -0.139. The van der Waals surface area contributed by atoms with Gasteiger partial charge in [-0.05, 0) is 93.3 Å². The minimum absolute atomic E-state index is 0.0347. The molecule has 2 aromatic carbocycles. The van der Waals surface area contributed by atoms with Crippen molar-refractivity contribution >= 4 is 23.3 Å². The lowest BCUT2D eigenvalue weighted by atomic mass is 10.0. The summed E-state index contributed by atoms with van der Waals surface area (Å²) in [7, 11) is 0. The van der Waals surface area contributed by atoms with Crippen molar-refractivity contribution in [3.8, 4) is 17.2 Å². The molecule has 0 heterocycles. The van der Waals surface area contributed by atoms with Crippen LogP contribution in [0.25, 0.3) is 0 Å². The third-order valence-electron chi connectivity index (χ3n) is 5.59. The Hall–Kier alpha value is -3.35. The minimum Gasteiger partial charge on any atom is -0.508 e. The molecule has 0 bridgehead atoms. The molecule has 164 valence electrons. The van der Waals surface area contributed by atoms with Gasteiger partial charge in [-0.1, -0.05) is 0 Å². The highest BCUT2D eigenvalue weighted by molar-refractivity contribution is 6.01. The average molecular weight is 425 g/mol. The van der Waals surface area contributed by atoms with Gasteiger partial charge >= 0.3 is 5.97 Å². The number of hydrogen-bond donors (Lipinski definition) is 3. The maximum Gasteiger partial charge on any atom is 0.312 e. The zero-order valence-electron chi connectivity index (χ0n) is 17.9. The molecule has 2 unspecified atom stereocenters. The molecule has 2 aromatic rings.